The zero-order valence-corrected chi connectivity index (χ0v) is 3.27. The van der Waals surface area contributed by atoms with Crippen LogP contribution in [0.3, 0.4) is 0 Å². The van der Waals surface area contributed by atoms with Gasteiger partial charge in [0, 0.05) is 16.5 Å². The second kappa shape index (κ2) is 18.0. The van der Waals surface area contributed by atoms with Crippen molar-refractivity contribution in [2.45, 2.75) is 0 Å². The van der Waals surface area contributed by atoms with Crippen LogP contribution in [0.1, 0.15) is 0 Å². The average molecular weight is 170 g/mol. The van der Waals surface area contributed by atoms with Gasteiger partial charge in [-0.2, -0.15) is 0 Å². The molecule has 0 N–H and O–H groups in total. The molecule has 0 unspecified atom stereocenters. The van der Waals surface area contributed by atoms with E-state index >= 15 is 0 Å². The van der Waals surface area contributed by atoms with Gasteiger partial charge in [0.05, 0.1) is 0 Å². The molecule has 1 nitrogen and oxygen atoms in total. The van der Waals surface area contributed by atoms with Crippen molar-refractivity contribution in [3.63, 3.8) is 0 Å². The number of rotatable bonds is 0. The molecule has 0 aromatic rings. The second-order valence-corrected chi connectivity index (χ2v) is 0. The second-order valence-electron chi connectivity index (χ2n) is 0. The summed E-state index contributed by atoms with van der Waals surface area (Å²) in [7, 11) is 0. The van der Waals surface area contributed by atoms with Crippen LogP contribution in [0, 0.1) is 0 Å². The predicted octanol–water partition coefficient (Wildman–Crippen LogP) is -0.772. The van der Waals surface area contributed by atoms with Crippen molar-refractivity contribution in [3.05, 3.63) is 0 Å². The molecule has 0 saturated carbocycles. The van der Waals surface area contributed by atoms with Gasteiger partial charge in [-0.25, -0.2) is 0 Å². The summed E-state index contributed by atoms with van der Waals surface area (Å²) < 4.78 is 8.06. The third-order valence-electron chi connectivity index (χ3n) is 0. The third-order valence-corrected chi connectivity index (χ3v) is 0. The van der Waals surface area contributed by atoms with Gasteiger partial charge in [-0.3, -0.25) is 0 Å². The average Bonchev–Trinajstić information content (AvgIpc) is 1.00. The van der Waals surface area contributed by atoms with Crippen molar-refractivity contribution < 1.29 is 36.3 Å². The zero-order valence-electron chi connectivity index (χ0n) is 1.10. The summed E-state index contributed by atoms with van der Waals surface area (Å²) in [5, 5.41) is 0. The van der Waals surface area contributed by atoms with Crippen LogP contribution in [0.4, 0.5) is 0 Å². The van der Waals surface area contributed by atoms with Gasteiger partial charge in [-0.15, -0.1) is 0 Å². The van der Waals surface area contributed by atoms with Gasteiger partial charge < -0.3 is 0 Å². The van der Waals surface area contributed by atoms with Gasteiger partial charge in [0.15, 0.2) is 0 Å². The number of hydrogen-bond donors (Lipinski definition) is 0. The summed E-state index contributed by atoms with van der Waals surface area (Å²) in [5.41, 5.74) is 0. The van der Waals surface area contributed by atoms with E-state index in [4.69, 9.17) is 3.83 Å². The third kappa shape index (κ3) is 8.82. The van der Waals surface area contributed by atoms with E-state index < -0.39 is 0 Å². The van der Waals surface area contributed by atoms with E-state index in [2.05, 4.69) is 0 Å². The van der Waals surface area contributed by atoms with Gasteiger partial charge in [0.1, 0.15) is 0 Å². The Morgan fingerprint density at radius 1 is 1.25 bits per heavy atom. The molecule has 0 aromatic carbocycles. The molecule has 0 bridgehead atoms. The van der Waals surface area contributed by atoms with E-state index in [0.29, 0.717) is 0 Å². The Labute approximate surface area is 85.6 Å². The molecule has 0 rings (SSSR count). The number of hydrogen-bond acceptors (Lipinski definition) is 1. The molecule has 0 atom stereocenters. The van der Waals surface area contributed by atoms with Crippen LogP contribution in [0.5, 0.6) is 0 Å². The summed E-state index contributed by atoms with van der Waals surface area (Å²) in [4.78, 5) is 0. The van der Waals surface area contributed by atoms with Crippen molar-refractivity contribution >= 4 is 51.4 Å². The zero-order chi connectivity index (χ0) is 2.00. The van der Waals surface area contributed by atoms with E-state index in [0.717, 1.165) is 0 Å². The van der Waals surface area contributed by atoms with Crippen LogP contribution in [-0.4, -0.2) is 51.4 Å². The molecule has 25 valence electrons. The van der Waals surface area contributed by atoms with Gasteiger partial charge in [-0.05, 0) is 0 Å². The first kappa shape index (κ1) is 16.1. The van der Waals surface area contributed by atoms with Crippen molar-refractivity contribution in [2.75, 3.05) is 0 Å². The molecule has 0 aliphatic rings. The van der Waals surface area contributed by atoms with Crippen LogP contribution in [0.15, 0.2) is 0 Å². The molecule has 4 heteroatoms. The monoisotopic (exact) mass is 169 g/mol. The van der Waals surface area contributed by atoms with Gasteiger partial charge >= 0.3 is 71.2 Å². The first-order chi connectivity index (χ1) is 1.00. The van der Waals surface area contributed by atoms with Gasteiger partial charge in [0.25, 0.3) is 0 Å². The molecular weight excluding hydrogens is 169 g/mol. The minimum absolute atomic E-state index is 0. The molecule has 0 aliphatic heterocycles. The summed E-state index contributed by atoms with van der Waals surface area (Å²) in [6.07, 6.45) is 0. The Morgan fingerprint density at radius 3 is 1.25 bits per heavy atom. The van der Waals surface area contributed by atoms with E-state index in [1.54, 1.807) is 15.9 Å². The Morgan fingerprint density at radius 2 is 1.25 bits per heavy atom. The van der Waals surface area contributed by atoms with Crippen molar-refractivity contribution in [1.29, 1.82) is 0 Å². The molecule has 0 radical (unpaired) electrons. The van der Waals surface area contributed by atoms with Crippen molar-refractivity contribution in [2.24, 2.45) is 0 Å². The SMILES string of the molecule is [KH].[Ni].[O]=[Mn]. The molecule has 0 aliphatic carbocycles. The van der Waals surface area contributed by atoms with Crippen LogP contribution >= 0.6 is 0 Å². The molecule has 0 heterocycles. The molecule has 4 heavy (non-hydrogen) atoms. The molecule has 0 saturated heterocycles. The fourth-order valence-electron chi connectivity index (χ4n) is 0. The first-order valence-corrected chi connectivity index (χ1v) is 0.636. The molecular formula is HKMnNiO. The standard InChI is InChI=1S/K.Mn.Ni.O.H. The van der Waals surface area contributed by atoms with E-state index in [1.807, 2.05) is 0 Å². The van der Waals surface area contributed by atoms with Crippen molar-refractivity contribution in [3.8, 4) is 0 Å². The van der Waals surface area contributed by atoms with Crippen LogP contribution in [0.2, 0.25) is 0 Å². The van der Waals surface area contributed by atoms with Gasteiger partial charge in [0.2, 0.25) is 0 Å². The molecule has 0 aromatic heterocycles. The van der Waals surface area contributed by atoms with Crippen LogP contribution in [-0.2, 0) is 36.3 Å². The first-order valence-electron chi connectivity index (χ1n) is 0.154. The summed E-state index contributed by atoms with van der Waals surface area (Å²) in [5.74, 6) is 0. The topological polar surface area (TPSA) is 17.1 Å². The van der Waals surface area contributed by atoms with E-state index in [9.17, 15) is 0 Å². The Hall–Kier alpha value is 2.45. The van der Waals surface area contributed by atoms with Gasteiger partial charge in [-0.1, -0.05) is 0 Å². The molecule has 0 fully saturated rings. The van der Waals surface area contributed by atoms with E-state index in [1.165, 1.54) is 0 Å². The maximum absolute atomic E-state index is 8.06. The van der Waals surface area contributed by atoms with Crippen molar-refractivity contribution in [1.82, 2.24) is 0 Å². The summed E-state index contributed by atoms with van der Waals surface area (Å²) in [6, 6.07) is 0. The Kier molecular flexibility index (Phi) is 72.4. The fraction of sp³-hybridized carbons (Fsp3) is 0. The Balaban J connectivity index is -0.00000000500. The molecule has 0 spiro atoms. The van der Waals surface area contributed by atoms with Crippen LogP contribution in [0.25, 0.3) is 0 Å². The normalized spacial score (nSPS) is 1.00. The van der Waals surface area contributed by atoms with E-state index in [-0.39, 0.29) is 67.9 Å². The quantitative estimate of drug-likeness (QED) is 0.436. The molecule has 0 amide bonds. The maximum atomic E-state index is 8.06. The fourth-order valence-corrected chi connectivity index (χ4v) is 0. The minimum atomic E-state index is 0. The van der Waals surface area contributed by atoms with Crippen LogP contribution < -0.4 is 0 Å². The summed E-state index contributed by atoms with van der Waals surface area (Å²) in [6.45, 7) is 0. The summed E-state index contributed by atoms with van der Waals surface area (Å²) >= 11 is 1.69. The Bertz CT molecular complexity index is 8.00. The predicted molar refractivity (Wildman–Crippen MR) is 7.84 cm³/mol.